The van der Waals surface area contributed by atoms with Crippen molar-refractivity contribution < 1.29 is 4.74 Å². The number of hydrogen-bond donors (Lipinski definition) is 0. The molecular formula is C13H26N2O. The predicted octanol–water partition coefficient (Wildman–Crippen LogP) is 1.58. The molecule has 2 rings (SSSR count). The zero-order valence-electron chi connectivity index (χ0n) is 11.0. The van der Waals surface area contributed by atoms with E-state index in [1.807, 2.05) is 0 Å². The lowest BCUT2D eigenvalue weighted by Gasteiger charge is -2.39. The highest BCUT2D eigenvalue weighted by Gasteiger charge is 2.34. The van der Waals surface area contributed by atoms with Gasteiger partial charge in [0, 0.05) is 32.2 Å². The third-order valence-corrected chi connectivity index (χ3v) is 3.87. The molecule has 0 N–H and O–H groups in total. The molecule has 0 bridgehead atoms. The molecule has 2 aliphatic rings. The molecule has 2 fully saturated rings. The summed E-state index contributed by atoms with van der Waals surface area (Å²) in [6.07, 6.45) is 4.80. The Morgan fingerprint density at radius 2 is 1.75 bits per heavy atom. The summed E-state index contributed by atoms with van der Waals surface area (Å²) >= 11 is 0. The van der Waals surface area contributed by atoms with E-state index in [-0.39, 0.29) is 0 Å². The van der Waals surface area contributed by atoms with Gasteiger partial charge in [0.15, 0.2) is 0 Å². The van der Waals surface area contributed by atoms with Crippen molar-refractivity contribution in [2.24, 2.45) is 0 Å². The molecule has 0 radical (unpaired) electrons. The van der Waals surface area contributed by atoms with Crippen molar-refractivity contribution in [2.75, 3.05) is 33.2 Å². The van der Waals surface area contributed by atoms with Crippen LogP contribution in [0.15, 0.2) is 0 Å². The van der Waals surface area contributed by atoms with Crippen LogP contribution < -0.4 is 0 Å². The molecule has 16 heavy (non-hydrogen) atoms. The van der Waals surface area contributed by atoms with Crippen LogP contribution in [0.1, 0.15) is 33.1 Å². The van der Waals surface area contributed by atoms with Gasteiger partial charge in [-0.1, -0.05) is 0 Å². The first-order chi connectivity index (χ1) is 7.66. The molecule has 0 amide bonds. The molecule has 2 atom stereocenters. The number of piperazine rings is 1. The monoisotopic (exact) mass is 226 g/mol. The molecule has 0 aromatic carbocycles. The Morgan fingerprint density at radius 1 is 1.06 bits per heavy atom. The molecule has 1 heterocycles. The molecule has 0 aromatic heterocycles. The highest BCUT2D eigenvalue weighted by Crippen LogP contribution is 2.28. The summed E-state index contributed by atoms with van der Waals surface area (Å²) in [7, 11) is 2.22. The molecule has 2 unspecified atom stereocenters. The van der Waals surface area contributed by atoms with Crippen LogP contribution in [0.4, 0.5) is 0 Å². The van der Waals surface area contributed by atoms with Gasteiger partial charge in [-0.25, -0.2) is 0 Å². The molecule has 1 aliphatic carbocycles. The second-order valence-electron chi connectivity index (χ2n) is 5.56. The summed E-state index contributed by atoms with van der Waals surface area (Å²) < 4.78 is 6.05. The van der Waals surface area contributed by atoms with Gasteiger partial charge in [-0.3, -0.25) is 4.90 Å². The van der Waals surface area contributed by atoms with Gasteiger partial charge >= 0.3 is 0 Å². The van der Waals surface area contributed by atoms with Gasteiger partial charge in [0.1, 0.15) is 0 Å². The molecule has 1 saturated carbocycles. The van der Waals surface area contributed by atoms with Crippen LogP contribution >= 0.6 is 0 Å². The summed E-state index contributed by atoms with van der Waals surface area (Å²) in [4.78, 5) is 5.07. The first-order valence-corrected chi connectivity index (χ1v) is 6.75. The Labute approximate surface area is 99.7 Å². The van der Waals surface area contributed by atoms with Crippen molar-refractivity contribution in [1.82, 2.24) is 9.80 Å². The van der Waals surface area contributed by atoms with Crippen molar-refractivity contribution in [2.45, 2.75) is 51.4 Å². The number of ether oxygens (including phenoxy) is 1. The predicted molar refractivity (Wildman–Crippen MR) is 66.7 cm³/mol. The fourth-order valence-electron chi connectivity index (χ4n) is 2.99. The summed E-state index contributed by atoms with van der Waals surface area (Å²) in [6.45, 7) is 9.17. The Kier molecular flexibility index (Phi) is 4.22. The Balaban J connectivity index is 1.87. The molecule has 3 nitrogen and oxygen atoms in total. The van der Waals surface area contributed by atoms with E-state index in [1.54, 1.807) is 0 Å². The first-order valence-electron chi connectivity index (χ1n) is 6.75. The van der Waals surface area contributed by atoms with E-state index in [0.29, 0.717) is 18.2 Å². The highest BCUT2D eigenvalue weighted by atomic mass is 16.5. The third kappa shape index (κ3) is 2.96. The Bertz CT molecular complexity index is 212. The minimum absolute atomic E-state index is 0.373. The van der Waals surface area contributed by atoms with Crippen LogP contribution in [0.2, 0.25) is 0 Å². The van der Waals surface area contributed by atoms with Crippen molar-refractivity contribution in [3.8, 4) is 0 Å². The molecule has 0 spiro atoms. The average Bonchev–Trinajstić information content (AvgIpc) is 2.66. The third-order valence-electron chi connectivity index (χ3n) is 3.87. The van der Waals surface area contributed by atoms with Crippen molar-refractivity contribution in [3.05, 3.63) is 0 Å². The highest BCUT2D eigenvalue weighted by molar-refractivity contribution is 4.88. The average molecular weight is 226 g/mol. The molecule has 3 heteroatoms. The van der Waals surface area contributed by atoms with Gasteiger partial charge in [-0.2, -0.15) is 0 Å². The van der Waals surface area contributed by atoms with Crippen molar-refractivity contribution in [3.63, 3.8) is 0 Å². The molecular weight excluding hydrogens is 200 g/mol. The van der Waals surface area contributed by atoms with Crippen LogP contribution in [-0.2, 0) is 4.74 Å². The van der Waals surface area contributed by atoms with E-state index in [2.05, 4.69) is 30.7 Å². The lowest BCUT2D eigenvalue weighted by molar-refractivity contribution is -0.0393. The lowest BCUT2D eigenvalue weighted by atomic mass is 10.1. The zero-order valence-corrected chi connectivity index (χ0v) is 11.0. The quantitative estimate of drug-likeness (QED) is 0.726. The smallest absolute Gasteiger partial charge is 0.0733 e. The molecule has 1 aliphatic heterocycles. The van der Waals surface area contributed by atoms with Crippen molar-refractivity contribution in [1.29, 1.82) is 0 Å². The van der Waals surface area contributed by atoms with Crippen LogP contribution in [0.3, 0.4) is 0 Å². The van der Waals surface area contributed by atoms with E-state index in [0.717, 1.165) is 0 Å². The standard InChI is InChI=1S/C13H26N2O/c1-11(2)16-13-6-4-5-12(13)15-9-7-14(3)8-10-15/h11-13H,4-10H2,1-3H3. The minimum Gasteiger partial charge on any atom is -0.374 e. The fraction of sp³-hybridized carbons (Fsp3) is 1.00. The van der Waals surface area contributed by atoms with E-state index in [9.17, 15) is 0 Å². The van der Waals surface area contributed by atoms with Crippen molar-refractivity contribution >= 4 is 0 Å². The van der Waals surface area contributed by atoms with E-state index >= 15 is 0 Å². The Hall–Kier alpha value is -0.120. The molecule has 94 valence electrons. The zero-order chi connectivity index (χ0) is 11.5. The van der Waals surface area contributed by atoms with Gasteiger partial charge in [-0.05, 0) is 40.2 Å². The van der Waals surface area contributed by atoms with Crippen LogP contribution in [0.5, 0.6) is 0 Å². The maximum absolute atomic E-state index is 6.05. The lowest BCUT2D eigenvalue weighted by Crippen LogP contribution is -2.51. The largest absolute Gasteiger partial charge is 0.374 e. The number of likely N-dealkylation sites (N-methyl/N-ethyl adjacent to an activating group) is 1. The second kappa shape index (κ2) is 5.48. The first kappa shape index (κ1) is 12.3. The second-order valence-corrected chi connectivity index (χ2v) is 5.56. The van der Waals surface area contributed by atoms with Crippen LogP contribution in [-0.4, -0.2) is 61.3 Å². The SMILES string of the molecule is CC(C)OC1CCCC1N1CCN(C)CC1. The summed E-state index contributed by atoms with van der Waals surface area (Å²) in [5.41, 5.74) is 0. The van der Waals surface area contributed by atoms with Gasteiger partial charge in [0.25, 0.3) is 0 Å². The number of nitrogens with zero attached hydrogens (tertiary/aromatic N) is 2. The van der Waals surface area contributed by atoms with Crippen LogP contribution in [0.25, 0.3) is 0 Å². The van der Waals surface area contributed by atoms with Gasteiger partial charge < -0.3 is 9.64 Å². The number of rotatable bonds is 3. The van der Waals surface area contributed by atoms with E-state index in [4.69, 9.17) is 4.74 Å². The van der Waals surface area contributed by atoms with Gasteiger partial charge in [0.2, 0.25) is 0 Å². The topological polar surface area (TPSA) is 15.7 Å². The maximum atomic E-state index is 6.05. The van der Waals surface area contributed by atoms with E-state index in [1.165, 1.54) is 45.4 Å². The molecule has 1 saturated heterocycles. The Morgan fingerprint density at radius 3 is 2.38 bits per heavy atom. The number of hydrogen-bond acceptors (Lipinski definition) is 3. The van der Waals surface area contributed by atoms with Gasteiger partial charge in [-0.15, -0.1) is 0 Å². The van der Waals surface area contributed by atoms with E-state index < -0.39 is 0 Å². The summed E-state index contributed by atoms with van der Waals surface area (Å²) in [5.74, 6) is 0. The fourth-order valence-corrected chi connectivity index (χ4v) is 2.99. The minimum atomic E-state index is 0.373. The normalized spacial score (nSPS) is 33.8. The maximum Gasteiger partial charge on any atom is 0.0733 e. The van der Waals surface area contributed by atoms with Gasteiger partial charge in [0.05, 0.1) is 12.2 Å². The summed E-state index contributed by atoms with van der Waals surface area (Å²) in [5, 5.41) is 0. The van der Waals surface area contributed by atoms with Crippen LogP contribution in [0, 0.1) is 0 Å². The summed E-state index contributed by atoms with van der Waals surface area (Å²) in [6, 6.07) is 0.691. The molecule has 0 aromatic rings.